The monoisotopic (exact) mass is 173 g/mol. The van der Waals surface area contributed by atoms with Gasteiger partial charge in [-0.25, -0.2) is 0 Å². The molecule has 0 saturated carbocycles. The topological polar surface area (TPSA) is 12.0 Å². The molecule has 0 aromatic heterocycles. The van der Waals surface area contributed by atoms with Gasteiger partial charge in [0.15, 0.2) is 0 Å². The molecule has 0 aliphatic rings. The average molecular weight is 173 g/mol. The molecule has 1 aromatic carbocycles. The van der Waals surface area contributed by atoms with Crippen LogP contribution < -0.4 is 5.32 Å². The lowest BCUT2D eigenvalue weighted by Gasteiger charge is -2.12. The Balaban J connectivity index is 2.41. The minimum absolute atomic E-state index is 0.384. The van der Waals surface area contributed by atoms with Crippen LogP contribution in [0.5, 0.6) is 0 Å². The van der Waals surface area contributed by atoms with E-state index in [-0.39, 0.29) is 0 Å². The van der Waals surface area contributed by atoms with E-state index < -0.39 is 0 Å². The number of terminal acetylenes is 1. The summed E-state index contributed by atoms with van der Waals surface area (Å²) >= 11 is 0. The molecule has 0 saturated heterocycles. The van der Waals surface area contributed by atoms with Crippen LogP contribution in [0.1, 0.15) is 24.9 Å². The fourth-order valence-electron chi connectivity index (χ4n) is 1.22. The molecule has 1 aromatic rings. The highest BCUT2D eigenvalue weighted by Crippen LogP contribution is 2.10. The van der Waals surface area contributed by atoms with Gasteiger partial charge < -0.3 is 5.32 Å². The summed E-state index contributed by atoms with van der Waals surface area (Å²) in [5, 5.41) is 3.36. The summed E-state index contributed by atoms with van der Waals surface area (Å²) in [6.07, 6.45) is 5.95. The minimum Gasteiger partial charge on any atom is -0.309 e. The Labute approximate surface area is 80.2 Å². The fourth-order valence-corrected chi connectivity index (χ4v) is 1.22. The van der Waals surface area contributed by atoms with E-state index in [0.717, 1.165) is 13.0 Å². The predicted octanol–water partition coefficient (Wildman–Crippen LogP) is 2.36. The SMILES string of the molecule is C#CCCN[C@H](C)c1ccccc1. The first-order chi connectivity index (χ1) is 6.34. The van der Waals surface area contributed by atoms with Gasteiger partial charge in [0.25, 0.3) is 0 Å². The molecule has 0 fully saturated rings. The molecule has 0 unspecified atom stereocenters. The van der Waals surface area contributed by atoms with E-state index in [0.29, 0.717) is 6.04 Å². The second kappa shape index (κ2) is 5.40. The van der Waals surface area contributed by atoms with Crippen LogP contribution in [-0.2, 0) is 0 Å². The smallest absolute Gasteiger partial charge is 0.0292 e. The molecule has 0 spiro atoms. The maximum atomic E-state index is 5.16. The van der Waals surface area contributed by atoms with Crippen LogP contribution in [0, 0.1) is 12.3 Å². The highest BCUT2D eigenvalue weighted by atomic mass is 14.9. The molecule has 0 aliphatic carbocycles. The van der Waals surface area contributed by atoms with Gasteiger partial charge >= 0.3 is 0 Å². The fraction of sp³-hybridized carbons (Fsp3) is 0.333. The Morgan fingerprint density at radius 3 is 2.69 bits per heavy atom. The quantitative estimate of drug-likeness (QED) is 0.544. The van der Waals surface area contributed by atoms with Gasteiger partial charge in [0.05, 0.1) is 0 Å². The molecule has 0 heterocycles. The van der Waals surface area contributed by atoms with Crippen molar-refractivity contribution in [2.24, 2.45) is 0 Å². The third-order valence-corrected chi connectivity index (χ3v) is 2.02. The molecular weight excluding hydrogens is 158 g/mol. The van der Waals surface area contributed by atoms with Crippen molar-refractivity contribution in [1.29, 1.82) is 0 Å². The third kappa shape index (κ3) is 3.31. The number of benzene rings is 1. The zero-order valence-electron chi connectivity index (χ0n) is 7.96. The first-order valence-electron chi connectivity index (χ1n) is 4.56. The molecule has 13 heavy (non-hydrogen) atoms. The zero-order chi connectivity index (χ0) is 9.52. The first kappa shape index (κ1) is 9.83. The van der Waals surface area contributed by atoms with Gasteiger partial charge in [0, 0.05) is 19.0 Å². The minimum atomic E-state index is 0.384. The third-order valence-electron chi connectivity index (χ3n) is 2.02. The van der Waals surface area contributed by atoms with Crippen molar-refractivity contribution in [1.82, 2.24) is 5.32 Å². The Hall–Kier alpha value is -1.26. The summed E-state index contributed by atoms with van der Waals surface area (Å²) in [6, 6.07) is 10.7. The van der Waals surface area contributed by atoms with E-state index in [1.165, 1.54) is 5.56 Å². The second-order valence-corrected chi connectivity index (χ2v) is 3.04. The highest BCUT2D eigenvalue weighted by molar-refractivity contribution is 5.17. The second-order valence-electron chi connectivity index (χ2n) is 3.04. The normalized spacial score (nSPS) is 12.0. The summed E-state index contributed by atoms with van der Waals surface area (Å²) in [7, 11) is 0. The van der Waals surface area contributed by atoms with Crippen LogP contribution in [0.15, 0.2) is 30.3 Å². The van der Waals surface area contributed by atoms with Crippen LogP contribution in [0.2, 0.25) is 0 Å². The van der Waals surface area contributed by atoms with Gasteiger partial charge in [-0.05, 0) is 12.5 Å². The van der Waals surface area contributed by atoms with E-state index in [1.54, 1.807) is 0 Å². The Morgan fingerprint density at radius 2 is 2.08 bits per heavy atom. The highest BCUT2D eigenvalue weighted by Gasteiger charge is 2.01. The number of nitrogens with one attached hydrogen (secondary N) is 1. The van der Waals surface area contributed by atoms with E-state index in [9.17, 15) is 0 Å². The summed E-state index contributed by atoms with van der Waals surface area (Å²) in [5.41, 5.74) is 1.31. The molecule has 68 valence electrons. The summed E-state index contributed by atoms with van der Waals surface area (Å²) in [4.78, 5) is 0. The van der Waals surface area contributed by atoms with Gasteiger partial charge in [0.2, 0.25) is 0 Å². The molecule has 1 atom stereocenters. The van der Waals surface area contributed by atoms with Crippen molar-refractivity contribution in [3.05, 3.63) is 35.9 Å². The van der Waals surface area contributed by atoms with E-state index >= 15 is 0 Å². The Bertz CT molecular complexity index is 271. The summed E-state index contributed by atoms with van der Waals surface area (Å²) < 4.78 is 0. The molecule has 0 aliphatic heterocycles. The molecule has 1 N–H and O–H groups in total. The van der Waals surface area contributed by atoms with Gasteiger partial charge in [-0.15, -0.1) is 12.3 Å². The van der Waals surface area contributed by atoms with E-state index in [1.807, 2.05) is 6.07 Å². The van der Waals surface area contributed by atoms with Crippen molar-refractivity contribution in [2.75, 3.05) is 6.54 Å². The maximum Gasteiger partial charge on any atom is 0.0292 e. The molecule has 1 heteroatoms. The van der Waals surface area contributed by atoms with Crippen molar-refractivity contribution in [2.45, 2.75) is 19.4 Å². The van der Waals surface area contributed by atoms with Crippen LogP contribution in [0.25, 0.3) is 0 Å². The number of hydrogen-bond donors (Lipinski definition) is 1. The van der Waals surface area contributed by atoms with Gasteiger partial charge in [-0.1, -0.05) is 30.3 Å². The first-order valence-corrected chi connectivity index (χ1v) is 4.56. The van der Waals surface area contributed by atoms with Crippen molar-refractivity contribution >= 4 is 0 Å². The lowest BCUT2D eigenvalue weighted by atomic mass is 10.1. The number of rotatable bonds is 4. The lowest BCUT2D eigenvalue weighted by Crippen LogP contribution is -2.19. The summed E-state index contributed by atoms with van der Waals surface area (Å²) in [5.74, 6) is 2.61. The Morgan fingerprint density at radius 1 is 1.38 bits per heavy atom. The van der Waals surface area contributed by atoms with Crippen molar-refractivity contribution in [3.8, 4) is 12.3 Å². The van der Waals surface area contributed by atoms with Gasteiger partial charge in [-0.3, -0.25) is 0 Å². The van der Waals surface area contributed by atoms with E-state index in [2.05, 4.69) is 42.4 Å². The maximum absolute atomic E-state index is 5.16. The molecule has 0 bridgehead atoms. The molecule has 0 amide bonds. The van der Waals surface area contributed by atoms with Crippen LogP contribution in [0.3, 0.4) is 0 Å². The van der Waals surface area contributed by atoms with Crippen LogP contribution in [0.4, 0.5) is 0 Å². The molecule has 1 rings (SSSR count). The lowest BCUT2D eigenvalue weighted by molar-refractivity contribution is 0.584. The zero-order valence-corrected chi connectivity index (χ0v) is 7.96. The van der Waals surface area contributed by atoms with Crippen LogP contribution in [-0.4, -0.2) is 6.54 Å². The van der Waals surface area contributed by atoms with E-state index in [4.69, 9.17) is 6.42 Å². The molecule has 0 radical (unpaired) electrons. The average Bonchev–Trinajstić information content (AvgIpc) is 2.19. The van der Waals surface area contributed by atoms with Crippen LogP contribution >= 0.6 is 0 Å². The largest absolute Gasteiger partial charge is 0.309 e. The van der Waals surface area contributed by atoms with Crippen molar-refractivity contribution < 1.29 is 0 Å². The molecule has 1 nitrogen and oxygen atoms in total. The number of hydrogen-bond acceptors (Lipinski definition) is 1. The Kier molecular flexibility index (Phi) is 4.08. The molecular formula is C12H15N. The van der Waals surface area contributed by atoms with Gasteiger partial charge in [-0.2, -0.15) is 0 Å². The standard InChI is InChI=1S/C12H15N/c1-3-4-10-13-11(2)12-8-6-5-7-9-12/h1,5-9,11,13H,4,10H2,2H3/t11-/m1/s1. The van der Waals surface area contributed by atoms with Crippen molar-refractivity contribution in [3.63, 3.8) is 0 Å². The van der Waals surface area contributed by atoms with Gasteiger partial charge in [0.1, 0.15) is 0 Å². The predicted molar refractivity (Wildman–Crippen MR) is 56.3 cm³/mol. The summed E-state index contributed by atoms with van der Waals surface area (Å²) in [6.45, 7) is 3.03.